The summed E-state index contributed by atoms with van der Waals surface area (Å²) in [5.74, 6) is 0.458. The largest absolute Gasteiger partial charge is 0 e. The topological polar surface area (TPSA) is 149 Å². The molecule has 0 aliphatic heterocycles. The molecule has 1 aliphatic carbocycles. The van der Waals surface area contributed by atoms with Crippen molar-refractivity contribution in [3.8, 4) is 0 Å². The number of benzene rings is 1. The molecule has 0 spiro atoms. The van der Waals surface area contributed by atoms with Crippen LogP contribution in [0.4, 0.5) is 0 Å². The quantitative estimate of drug-likeness (QED) is 0.333. The maximum absolute atomic E-state index is 11.6. The first kappa shape index (κ1) is 48.9. The van der Waals surface area contributed by atoms with Crippen molar-refractivity contribution in [2.24, 2.45) is 5.92 Å². The maximum atomic E-state index is 11.6. The molecule has 1 N–H and O–H groups in total. The Bertz CT molecular complexity index is 677. The molecule has 1 amide bonds. The molecule has 1 aliphatic rings. The summed E-state index contributed by atoms with van der Waals surface area (Å²) >= 11 is 0. The zero-order chi connectivity index (χ0) is 26.2. The van der Waals surface area contributed by atoms with E-state index in [-0.39, 0.29) is 45.5 Å². The minimum Gasteiger partial charge on any atom is 0 e. The van der Waals surface area contributed by atoms with Crippen molar-refractivity contribution in [2.45, 2.75) is 38.1 Å². The first-order valence-corrected chi connectivity index (χ1v) is 8.47. The Morgan fingerprint density at radius 1 is 0.912 bits per heavy atom. The van der Waals surface area contributed by atoms with Crippen molar-refractivity contribution in [1.82, 2.24) is 5.32 Å². The van der Waals surface area contributed by atoms with E-state index in [9.17, 15) is 4.79 Å². The van der Waals surface area contributed by atoms with E-state index in [1.165, 1.54) is 0 Å². The van der Waals surface area contributed by atoms with Gasteiger partial charge in [0.25, 0.3) is 0 Å². The van der Waals surface area contributed by atoms with Gasteiger partial charge in [-0.3, -0.25) is 4.79 Å². The first-order valence-electron chi connectivity index (χ1n) is 8.47. The van der Waals surface area contributed by atoms with E-state index in [4.69, 9.17) is 27.9 Å². The Hall–Kier alpha value is -2.38. The number of amides is 1. The summed E-state index contributed by atoms with van der Waals surface area (Å²) in [6.07, 6.45) is 12.9. The predicted octanol–water partition coefficient (Wildman–Crippen LogP) is 3.22. The normalized spacial score (nSPS) is 13.6. The summed E-state index contributed by atoms with van der Waals surface area (Å²) in [4.78, 5) is 11.6. The summed E-state index contributed by atoms with van der Waals surface area (Å²) in [6.45, 7) is 30.6. The average molecular weight is 553 g/mol. The molecule has 4 radical (unpaired) electrons. The molecule has 182 valence electrons. The SMILES string of the molecule is C=CCC(=O)N[C@H]1CCC[C@@H]([C]=[C]c2ccccc2)C1.[C-]#[O+].[C-]#[O+].[C-]#[O+].[C-]#[O+].[C-]#[O+].[C-]#[O+].[Co].[Co]. The van der Waals surface area contributed by atoms with Crippen LogP contribution in [0.5, 0.6) is 0 Å². The van der Waals surface area contributed by atoms with Crippen LogP contribution in [0.3, 0.4) is 0 Å². The fourth-order valence-corrected chi connectivity index (χ4v) is 2.58. The van der Waals surface area contributed by atoms with Gasteiger partial charge < -0.3 is 5.32 Å². The van der Waals surface area contributed by atoms with Crippen molar-refractivity contribution in [2.75, 3.05) is 0 Å². The Morgan fingerprint density at radius 2 is 1.38 bits per heavy atom. The molecule has 0 unspecified atom stereocenters. The van der Waals surface area contributed by atoms with Crippen LogP contribution in [-0.4, -0.2) is 11.9 Å². The molecule has 1 aromatic carbocycles. The molecule has 2 rings (SSSR count). The van der Waals surface area contributed by atoms with Gasteiger partial charge in [-0.25, -0.2) is 0 Å². The van der Waals surface area contributed by atoms with Crippen molar-refractivity contribution in [3.05, 3.63) is 101 Å². The molecule has 0 saturated heterocycles. The van der Waals surface area contributed by atoms with Crippen LogP contribution in [-0.2, 0) is 66.3 Å². The fourth-order valence-electron chi connectivity index (χ4n) is 2.58. The van der Waals surface area contributed by atoms with Gasteiger partial charge in [0.2, 0.25) is 5.91 Å². The van der Waals surface area contributed by atoms with Crippen LogP contribution in [0.15, 0.2) is 43.0 Å². The Morgan fingerprint density at radius 3 is 1.82 bits per heavy atom. The first-order chi connectivity index (χ1) is 15.8. The summed E-state index contributed by atoms with van der Waals surface area (Å²) in [5.41, 5.74) is 1.06. The number of hydrogen-bond acceptors (Lipinski definition) is 1. The third-order valence-corrected chi connectivity index (χ3v) is 3.56. The van der Waals surface area contributed by atoms with Crippen LogP contribution in [0.1, 0.15) is 37.7 Å². The number of hydrogen-bond donors (Lipinski definition) is 1. The van der Waals surface area contributed by atoms with E-state index in [0.717, 1.165) is 31.2 Å². The Balaban J connectivity index is -0.0000000911. The molecule has 1 fully saturated rings. The molecule has 1 saturated carbocycles. The van der Waals surface area contributed by atoms with Gasteiger partial charge >= 0.3 is 67.8 Å². The van der Waals surface area contributed by atoms with Gasteiger partial charge in [0.15, 0.2) is 0 Å². The average Bonchev–Trinajstić information content (AvgIpc) is 2.91. The van der Waals surface area contributed by atoms with E-state index >= 15 is 0 Å². The van der Waals surface area contributed by atoms with Gasteiger partial charge in [-0.05, 0) is 42.9 Å². The smallest absolute Gasteiger partial charge is 0 e. The molecule has 0 aromatic heterocycles. The van der Waals surface area contributed by atoms with Gasteiger partial charge in [0.1, 0.15) is 0 Å². The summed E-state index contributed by atoms with van der Waals surface area (Å²) in [6, 6.07) is 10.3. The molecule has 34 heavy (non-hydrogen) atoms. The van der Waals surface area contributed by atoms with Crippen LogP contribution in [0.25, 0.3) is 0 Å². The fraction of sp³-hybridized carbons (Fsp3) is 0.292. The summed E-state index contributed by atoms with van der Waals surface area (Å²) in [7, 11) is 0. The molecule has 10 heteroatoms. The third-order valence-electron chi connectivity index (χ3n) is 3.56. The number of allylic oxidation sites excluding steroid dienone is 1. The number of carbonyl (C=O) groups excluding carboxylic acids is 1. The van der Waals surface area contributed by atoms with Gasteiger partial charge in [0, 0.05) is 46.0 Å². The van der Waals surface area contributed by atoms with Crippen LogP contribution >= 0.6 is 0 Å². The second-order valence-corrected chi connectivity index (χ2v) is 5.26. The molecular formula is C24H21Co2NO7. The molecule has 8 nitrogen and oxygen atoms in total. The van der Waals surface area contributed by atoms with Gasteiger partial charge in [0.05, 0.1) is 0 Å². The van der Waals surface area contributed by atoms with Crippen LogP contribution in [0, 0.1) is 58.0 Å². The third kappa shape index (κ3) is 31.8. The van der Waals surface area contributed by atoms with Crippen molar-refractivity contribution >= 4 is 5.91 Å². The standard InChI is InChI=1S/C18H21NO.6CO.2Co/c1-2-7-18(20)19-17-11-6-10-16(14-17)13-12-15-8-4-3-5-9-15;6*1-2;;/h2-5,8-9,16-17H,1,6-7,10-11,14H2,(H,19,20);;;;;;;;/t16-,17-;;;;;;;;/m0......../s1. The number of carbonyl (C=O) groups is 1. The van der Waals surface area contributed by atoms with E-state index < -0.39 is 0 Å². The molecule has 0 heterocycles. The second-order valence-electron chi connectivity index (χ2n) is 5.26. The number of rotatable bonds is 5. The second kappa shape index (κ2) is 48.2. The minimum absolute atomic E-state index is 0. The zero-order valence-electron chi connectivity index (χ0n) is 17.9. The monoisotopic (exact) mass is 553 g/mol. The summed E-state index contributed by atoms with van der Waals surface area (Å²) < 4.78 is 45.0. The number of nitrogens with one attached hydrogen (secondary N) is 1. The van der Waals surface area contributed by atoms with Gasteiger partial charge in [-0.15, -0.1) is 6.58 Å². The predicted molar refractivity (Wildman–Crippen MR) is 104 cm³/mol. The van der Waals surface area contributed by atoms with E-state index in [0.29, 0.717) is 12.3 Å². The minimum atomic E-state index is 0. The zero-order valence-corrected chi connectivity index (χ0v) is 20.0. The van der Waals surface area contributed by atoms with Gasteiger partial charge in [-0.2, -0.15) is 0 Å². The molecule has 2 atom stereocenters. The van der Waals surface area contributed by atoms with Crippen molar-refractivity contribution in [3.63, 3.8) is 0 Å². The van der Waals surface area contributed by atoms with Crippen molar-refractivity contribution < 1.29 is 66.3 Å². The maximum Gasteiger partial charge on any atom is 0 e. The van der Waals surface area contributed by atoms with Gasteiger partial charge in [-0.1, -0.05) is 42.8 Å². The summed E-state index contributed by atoms with van der Waals surface area (Å²) in [5, 5.41) is 3.07. The van der Waals surface area contributed by atoms with E-state index in [1.54, 1.807) is 6.08 Å². The van der Waals surface area contributed by atoms with E-state index in [1.807, 2.05) is 30.3 Å². The van der Waals surface area contributed by atoms with Crippen LogP contribution in [0.2, 0.25) is 0 Å². The molecule has 0 bridgehead atoms. The molecular weight excluding hydrogens is 532 g/mol. The molecule has 1 aromatic rings. The van der Waals surface area contributed by atoms with Crippen molar-refractivity contribution in [1.29, 1.82) is 0 Å². The van der Waals surface area contributed by atoms with E-state index in [2.05, 4.69) is 63.9 Å². The Labute approximate surface area is 221 Å². The Kier molecular flexibility index (Phi) is 69.3. The van der Waals surface area contributed by atoms with Crippen LogP contribution < -0.4 is 5.32 Å².